The minimum atomic E-state index is 0.0126. The molecule has 0 radical (unpaired) electrons. The molecule has 0 fully saturated rings. The fourth-order valence-electron chi connectivity index (χ4n) is 1.16. The minimum absolute atomic E-state index is 0.0126. The maximum atomic E-state index is 8.85. The minimum Gasteiger partial charge on any atom is -0.390 e. The summed E-state index contributed by atoms with van der Waals surface area (Å²) >= 11 is 1.56. The van der Waals surface area contributed by atoms with Crippen LogP contribution in [-0.2, 0) is 13.0 Å². The van der Waals surface area contributed by atoms with E-state index in [9.17, 15) is 0 Å². The molecule has 0 aliphatic rings. The Morgan fingerprint density at radius 3 is 2.86 bits per heavy atom. The Bertz CT molecular complexity index is 400. The average Bonchev–Trinajstić information content (AvgIpc) is 2.67. The molecule has 2 heterocycles. The maximum Gasteiger partial charge on any atom is 0.0989 e. The Morgan fingerprint density at radius 1 is 1.29 bits per heavy atom. The molecular formula is C10H10N2OS. The van der Waals surface area contributed by atoms with Gasteiger partial charge in [-0.1, -0.05) is 6.07 Å². The molecule has 0 unspecified atom stereocenters. The maximum absolute atomic E-state index is 8.85. The lowest BCUT2D eigenvalue weighted by Crippen LogP contribution is -1.91. The highest BCUT2D eigenvalue weighted by Gasteiger charge is 2.02. The third-order valence-corrected chi connectivity index (χ3v) is 2.72. The molecule has 0 amide bonds. The number of pyridine rings is 1. The summed E-state index contributed by atoms with van der Waals surface area (Å²) in [6, 6.07) is 5.83. The van der Waals surface area contributed by atoms with Gasteiger partial charge in [-0.2, -0.15) is 0 Å². The van der Waals surface area contributed by atoms with Crippen LogP contribution in [0.2, 0.25) is 0 Å². The summed E-state index contributed by atoms with van der Waals surface area (Å²) in [4.78, 5) is 8.47. The molecule has 72 valence electrons. The van der Waals surface area contributed by atoms with Gasteiger partial charge in [0.15, 0.2) is 0 Å². The summed E-state index contributed by atoms with van der Waals surface area (Å²) in [6.07, 6.45) is 2.52. The number of aromatic nitrogens is 2. The molecule has 2 rings (SSSR count). The first kappa shape index (κ1) is 9.30. The van der Waals surface area contributed by atoms with Gasteiger partial charge in [-0.15, -0.1) is 11.3 Å². The fraction of sp³-hybridized carbons (Fsp3) is 0.200. The summed E-state index contributed by atoms with van der Waals surface area (Å²) < 4.78 is 0. The molecule has 0 saturated heterocycles. The van der Waals surface area contributed by atoms with Gasteiger partial charge in [0.25, 0.3) is 0 Å². The quantitative estimate of drug-likeness (QED) is 0.830. The number of thiazole rings is 1. The predicted molar refractivity (Wildman–Crippen MR) is 55.1 cm³/mol. The van der Waals surface area contributed by atoms with Crippen molar-refractivity contribution in [2.24, 2.45) is 0 Å². The van der Waals surface area contributed by atoms with E-state index >= 15 is 0 Å². The molecule has 0 spiro atoms. The molecule has 0 saturated carbocycles. The van der Waals surface area contributed by atoms with E-state index < -0.39 is 0 Å². The predicted octanol–water partition coefficient (Wildman–Crippen LogP) is 1.62. The Hall–Kier alpha value is -1.26. The molecule has 0 aliphatic carbocycles. The summed E-state index contributed by atoms with van der Waals surface area (Å²) in [5.41, 5.74) is 1.74. The van der Waals surface area contributed by atoms with Crippen LogP contribution in [0.15, 0.2) is 29.8 Å². The number of hydrogen-bond donors (Lipinski definition) is 1. The van der Waals surface area contributed by atoms with Crippen LogP contribution in [0.25, 0.3) is 0 Å². The Morgan fingerprint density at radius 2 is 2.21 bits per heavy atom. The number of rotatable bonds is 3. The Labute approximate surface area is 86.1 Å². The van der Waals surface area contributed by atoms with Crippen LogP contribution >= 0.6 is 11.3 Å². The average molecular weight is 206 g/mol. The van der Waals surface area contributed by atoms with E-state index in [0.717, 1.165) is 22.8 Å². The van der Waals surface area contributed by atoms with Crippen molar-refractivity contribution >= 4 is 11.3 Å². The molecule has 3 nitrogen and oxygen atoms in total. The highest BCUT2D eigenvalue weighted by molar-refractivity contribution is 7.09. The van der Waals surface area contributed by atoms with Crippen molar-refractivity contribution in [1.29, 1.82) is 0 Å². The van der Waals surface area contributed by atoms with Gasteiger partial charge < -0.3 is 5.11 Å². The Balaban J connectivity index is 2.11. The largest absolute Gasteiger partial charge is 0.390 e. The van der Waals surface area contributed by atoms with E-state index in [1.54, 1.807) is 17.5 Å². The number of nitrogens with zero attached hydrogens (tertiary/aromatic N) is 2. The SMILES string of the molecule is OCc1csc(Cc2ccccn2)n1. The lowest BCUT2D eigenvalue weighted by molar-refractivity contribution is 0.277. The molecule has 4 heteroatoms. The first-order valence-corrected chi connectivity index (χ1v) is 5.20. The first-order chi connectivity index (χ1) is 6.88. The molecule has 1 N–H and O–H groups in total. The van der Waals surface area contributed by atoms with Crippen LogP contribution in [-0.4, -0.2) is 15.1 Å². The van der Waals surface area contributed by atoms with E-state index in [4.69, 9.17) is 5.11 Å². The highest BCUT2D eigenvalue weighted by Crippen LogP contribution is 2.13. The van der Waals surface area contributed by atoms with E-state index in [2.05, 4.69) is 9.97 Å². The van der Waals surface area contributed by atoms with Gasteiger partial charge in [0.2, 0.25) is 0 Å². The second kappa shape index (κ2) is 4.30. The summed E-state index contributed by atoms with van der Waals surface area (Å²) in [5.74, 6) is 0. The zero-order chi connectivity index (χ0) is 9.80. The number of aliphatic hydroxyl groups is 1. The van der Waals surface area contributed by atoms with Gasteiger partial charge in [-0.05, 0) is 12.1 Å². The van der Waals surface area contributed by atoms with Crippen LogP contribution in [0.4, 0.5) is 0 Å². The monoisotopic (exact) mass is 206 g/mol. The lowest BCUT2D eigenvalue weighted by Gasteiger charge is -1.94. The van der Waals surface area contributed by atoms with Crippen LogP contribution in [0.1, 0.15) is 16.4 Å². The fourth-order valence-corrected chi connectivity index (χ4v) is 1.96. The summed E-state index contributed by atoms with van der Waals surface area (Å²) in [6.45, 7) is 0.0126. The zero-order valence-corrected chi connectivity index (χ0v) is 8.37. The van der Waals surface area contributed by atoms with E-state index in [1.807, 2.05) is 23.6 Å². The van der Waals surface area contributed by atoms with Gasteiger partial charge in [-0.25, -0.2) is 4.98 Å². The summed E-state index contributed by atoms with van der Waals surface area (Å²) in [5, 5.41) is 11.7. The molecule has 0 aliphatic heterocycles. The van der Waals surface area contributed by atoms with Crippen LogP contribution < -0.4 is 0 Å². The van der Waals surface area contributed by atoms with Crippen molar-refractivity contribution in [2.75, 3.05) is 0 Å². The number of aliphatic hydroxyl groups excluding tert-OH is 1. The first-order valence-electron chi connectivity index (χ1n) is 4.32. The van der Waals surface area contributed by atoms with Gasteiger partial charge in [0, 0.05) is 23.7 Å². The lowest BCUT2D eigenvalue weighted by atomic mass is 10.3. The second-order valence-electron chi connectivity index (χ2n) is 2.89. The van der Waals surface area contributed by atoms with Gasteiger partial charge in [-0.3, -0.25) is 4.98 Å². The summed E-state index contributed by atoms with van der Waals surface area (Å²) in [7, 11) is 0. The Kier molecular flexibility index (Phi) is 2.86. The van der Waals surface area contributed by atoms with E-state index in [-0.39, 0.29) is 6.61 Å². The second-order valence-corrected chi connectivity index (χ2v) is 3.83. The van der Waals surface area contributed by atoms with Crippen molar-refractivity contribution in [3.63, 3.8) is 0 Å². The molecule has 0 bridgehead atoms. The van der Waals surface area contributed by atoms with Crippen LogP contribution in [0, 0.1) is 0 Å². The molecule has 0 aromatic carbocycles. The molecule has 14 heavy (non-hydrogen) atoms. The standard InChI is InChI=1S/C10H10N2OS/c13-6-9-7-14-10(12-9)5-8-3-1-2-4-11-8/h1-4,7,13H,5-6H2. The zero-order valence-electron chi connectivity index (χ0n) is 7.55. The van der Waals surface area contributed by atoms with Crippen molar-refractivity contribution in [3.8, 4) is 0 Å². The van der Waals surface area contributed by atoms with Crippen LogP contribution in [0.3, 0.4) is 0 Å². The smallest absolute Gasteiger partial charge is 0.0989 e. The van der Waals surface area contributed by atoms with E-state index in [1.165, 1.54) is 0 Å². The van der Waals surface area contributed by atoms with Gasteiger partial charge in [0.05, 0.1) is 17.3 Å². The topological polar surface area (TPSA) is 46.0 Å². The van der Waals surface area contributed by atoms with Crippen molar-refractivity contribution in [3.05, 3.63) is 46.2 Å². The third-order valence-electron chi connectivity index (χ3n) is 1.82. The highest BCUT2D eigenvalue weighted by atomic mass is 32.1. The third kappa shape index (κ3) is 2.16. The normalized spacial score (nSPS) is 10.4. The van der Waals surface area contributed by atoms with Crippen molar-refractivity contribution in [1.82, 2.24) is 9.97 Å². The van der Waals surface area contributed by atoms with Crippen molar-refractivity contribution in [2.45, 2.75) is 13.0 Å². The number of hydrogen-bond acceptors (Lipinski definition) is 4. The van der Waals surface area contributed by atoms with Gasteiger partial charge >= 0.3 is 0 Å². The molecule has 2 aromatic rings. The molecule has 0 atom stereocenters. The van der Waals surface area contributed by atoms with Crippen molar-refractivity contribution < 1.29 is 5.11 Å². The van der Waals surface area contributed by atoms with E-state index in [0.29, 0.717) is 0 Å². The molecular weight excluding hydrogens is 196 g/mol. The van der Waals surface area contributed by atoms with Crippen LogP contribution in [0.5, 0.6) is 0 Å². The molecule has 2 aromatic heterocycles. The van der Waals surface area contributed by atoms with Gasteiger partial charge in [0.1, 0.15) is 0 Å².